The fourth-order valence-electron chi connectivity index (χ4n) is 4.99. The highest BCUT2D eigenvalue weighted by atomic mass is 16.5. The summed E-state index contributed by atoms with van der Waals surface area (Å²) < 4.78 is 11.7. The summed E-state index contributed by atoms with van der Waals surface area (Å²) in [5.74, 6) is 1.01. The Morgan fingerprint density at radius 1 is 1.00 bits per heavy atom. The minimum Gasteiger partial charge on any atom is -0.491 e. The van der Waals surface area contributed by atoms with E-state index in [1.165, 1.54) is 0 Å². The molecule has 0 atom stereocenters. The summed E-state index contributed by atoms with van der Waals surface area (Å²) >= 11 is 0. The Morgan fingerprint density at radius 2 is 1.83 bits per heavy atom. The first-order valence-electron chi connectivity index (χ1n) is 13.7. The van der Waals surface area contributed by atoms with Crippen LogP contribution in [0, 0.1) is 6.92 Å². The molecular formula is C32H35N5O4. The van der Waals surface area contributed by atoms with Crippen LogP contribution in [-0.4, -0.2) is 84.0 Å². The standard InChI is InChI=1S/C32H35N5O4/c1-22-28(21-35(2)3)30(34-41-22)32(39)37-14-13-36(4)31(38)25-8-5-7-23(17-25)18-27-19-24(26-9-6-12-33-20-26)10-11-29(27)40-16-15-37/h5-12,17,19-20H,13-16,18,21H2,1-4H3. The van der Waals surface area contributed by atoms with Crippen LogP contribution < -0.4 is 4.74 Å². The van der Waals surface area contributed by atoms with Gasteiger partial charge in [-0.2, -0.15) is 0 Å². The number of pyridine rings is 1. The van der Waals surface area contributed by atoms with Gasteiger partial charge in [0.15, 0.2) is 5.69 Å². The van der Waals surface area contributed by atoms with E-state index in [1.807, 2.05) is 80.6 Å². The minimum absolute atomic E-state index is 0.0949. The number of carbonyl (C=O) groups is 2. The molecule has 0 aliphatic carbocycles. The number of hydrogen-bond acceptors (Lipinski definition) is 7. The second-order valence-corrected chi connectivity index (χ2v) is 10.6. The number of fused-ring (bicyclic) bond motifs is 3. The third kappa shape index (κ3) is 6.47. The predicted octanol–water partition coefficient (Wildman–Crippen LogP) is 4.30. The molecule has 3 heterocycles. The first-order chi connectivity index (χ1) is 19.8. The van der Waals surface area contributed by atoms with E-state index in [-0.39, 0.29) is 18.4 Å². The van der Waals surface area contributed by atoms with Gasteiger partial charge >= 0.3 is 0 Å². The van der Waals surface area contributed by atoms with Crippen LogP contribution in [-0.2, 0) is 13.0 Å². The molecule has 0 saturated heterocycles. The smallest absolute Gasteiger partial charge is 0.276 e. The van der Waals surface area contributed by atoms with E-state index in [0.29, 0.717) is 49.6 Å². The molecule has 2 amide bonds. The molecule has 1 aliphatic heterocycles. The SMILES string of the molecule is Cc1onc(C(=O)N2CCOc3ccc(-c4cccnc4)cc3Cc3cccc(c3)C(=O)N(C)CC2)c1CN(C)C. The second-order valence-electron chi connectivity index (χ2n) is 10.6. The molecule has 0 radical (unpaired) electrons. The summed E-state index contributed by atoms with van der Waals surface area (Å²) in [7, 11) is 5.62. The Balaban J connectivity index is 1.49. The van der Waals surface area contributed by atoms with E-state index in [1.54, 1.807) is 23.0 Å². The monoisotopic (exact) mass is 553 g/mol. The van der Waals surface area contributed by atoms with Gasteiger partial charge in [-0.25, -0.2) is 0 Å². The van der Waals surface area contributed by atoms with Gasteiger partial charge < -0.3 is 24.0 Å². The maximum atomic E-state index is 13.8. The molecule has 0 fully saturated rings. The van der Waals surface area contributed by atoms with Crippen molar-refractivity contribution in [2.45, 2.75) is 19.9 Å². The van der Waals surface area contributed by atoms with E-state index in [0.717, 1.165) is 33.6 Å². The highest BCUT2D eigenvalue weighted by Gasteiger charge is 2.26. The zero-order valence-electron chi connectivity index (χ0n) is 24.0. The van der Waals surface area contributed by atoms with Crippen molar-refractivity contribution in [2.24, 2.45) is 0 Å². The molecule has 5 rings (SSSR count). The molecule has 9 nitrogen and oxygen atoms in total. The second kappa shape index (κ2) is 12.3. The Morgan fingerprint density at radius 3 is 2.61 bits per heavy atom. The molecule has 0 unspecified atom stereocenters. The van der Waals surface area contributed by atoms with Gasteiger partial charge in [0.05, 0.1) is 6.54 Å². The summed E-state index contributed by atoms with van der Waals surface area (Å²) in [6.45, 7) is 3.63. The number of rotatable bonds is 4. The summed E-state index contributed by atoms with van der Waals surface area (Å²) in [6, 6.07) is 17.7. The maximum absolute atomic E-state index is 13.8. The van der Waals surface area contributed by atoms with Crippen LogP contribution in [0.3, 0.4) is 0 Å². The Bertz CT molecular complexity index is 1530. The lowest BCUT2D eigenvalue weighted by atomic mass is 9.98. The summed E-state index contributed by atoms with van der Waals surface area (Å²) in [6.07, 6.45) is 4.17. The van der Waals surface area contributed by atoms with Crippen LogP contribution >= 0.6 is 0 Å². The molecule has 0 spiro atoms. The minimum atomic E-state index is -0.246. The lowest BCUT2D eigenvalue weighted by Gasteiger charge is -2.26. The number of aromatic nitrogens is 2. The van der Waals surface area contributed by atoms with Gasteiger partial charge in [-0.05, 0) is 68.0 Å². The number of nitrogens with zero attached hydrogens (tertiary/aromatic N) is 5. The fourth-order valence-corrected chi connectivity index (χ4v) is 4.99. The third-order valence-electron chi connectivity index (χ3n) is 7.24. The van der Waals surface area contributed by atoms with Gasteiger partial charge in [-0.1, -0.05) is 29.4 Å². The molecule has 2 aromatic carbocycles. The van der Waals surface area contributed by atoms with Crippen molar-refractivity contribution in [3.8, 4) is 16.9 Å². The van der Waals surface area contributed by atoms with Gasteiger partial charge in [0.25, 0.3) is 11.8 Å². The van der Waals surface area contributed by atoms with Crippen LogP contribution in [0.2, 0.25) is 0 Å². The first kappa shape index (κ1) is 28.0. The number of carbonyl (C=O) groups excluding carboxylic acids is 2. The molecule has 212 valence electrons. The molecule has 1 aliphatic rings. The van der Waals surface area contributed by atoms with Gasteiger partial charge in [0, 0.05) is 62.2 Å². The van der Waals surface area contributed by atoms with Crippen molar-refractivity contribution in [1.82, 2.24) is 24.8 Å². The van der Waals surface area contributed by atoms with Crippen LogP contribution in [0.25, 0.3) is 11.1 Å². The lowest BCUT2D eigenvalue weighted by molar-refractivity contribution is 0.0660. The van der Waals surface area contributed by atoms with Crippen LogP contribution in [0.5, 0.6) is 5.75 Å². The Labute approximate surface area is 240 Å². The first-order valence-corrected chi connectivity index (χ1v) is 13.7. The molecule has 0 N–H and O–H groups in total. The molecular weight excluding hydrogens is 518 g/mol. The predicted molar refractivity (Wildman–Crippen MR) is 156 cm³/mol. The average molecular weight is 554 g/mol. The number of benzene rings is 2. The third-order valence-corrected chi connectivity index (χ3v) is 7.24. The largest absolute Gasteiger partial charge is 0.491 e. The molecule has 2 aromatic heterocycles. The number of likely N-dealkylation sites (N-methyl/N-ethyl adjacent to an activating group) is 1. The average Bonchev–Trinajstić information content (AvgIpc) is 3.33. The number of aryl methyl sites for hydroxylation is 1. The molecule has 2 bridgehead atoms. The number of ether oxygens (including phenoxy) is 1. The quantitative estimate of drug-likeness (QED) is 0.372. The van der Waals surface area contributed by atoms with Crippen LogP contribution in [0.1, 0.15) is 43.3 Å². The van der Waals surface area contributed by atoms with Gasteiger partial charge in [-0.15, -0.1) is 0 Å². The zero-order valence-corrected chi connectivity index (χ0v) is 24.0. The van der Waals surface area contributed by atoms with Crippen molar-refractivity contribution >= 4 is 11.8 Å². The van der Waals surface area contributed by atoms with Crippen molar-refractivity contribution in [2.75, 3.05) is 47.4 Å². The lowest BCUT2D eigenvalue weighted by Crippen LogP contribution is -2.42. The summed E-state index contributed by atoms with van der Waals surface area (Å²) in [4.78, 5) is 36.7. The van der Waals surface area contributed by atoms with E-state index in [2.05, 4.69) is 16.2 Å². The molecule has 41 heavy (non-hydrogen) atoms. The highest BCUT2D eigenvalue weighted by molar-refractivity contribution is 5.95. The van der Waals surface area contributed by atoms with Gasteiger partial charge in [0.1, 0.15) is 18.1 Å². The Kier molecular flexibility index (Phi) is 8.45. The topological polar surface area (TPSA) is 92.0 Å². The normalized spacial score (nSPS) is 14.4. The summed E-state index contributed by atoms with van der Waals surface area (Å²) in [5, 5.41) is 4.11. The van der Waals surface area contributed by atoms with E-state index < -0.39 is 0 Å². The number of amides is 2. The van der Waals surface area contributed by atoms with Crippen molar-refractivity contribution in [1.29, 1.82) is 0 Å². The fraction of sp³-hybridized carbons (Fsp3) is 0.312. The van der Waals surface area contributed by atoms with Gasteiger partial charge in [-0.3, -0.25) is 14.6 Å². The highest BCUT2D eigenvalue weighted by Crippen LogP contribution is 2.29. The van der Waals surface area contributed by atoms with Crippen molar-refractivity contribution < 1.29 is 18.8 Å². The van der Waals surface area contributed by atoms with Gasteiger partial charge in [0.2, 0.25) is 0 Å². The van der Waals surface area contributed by atoms with Crippen LogP contribution in [0.15, 0.2) is 71.5 Å². The maximum Gasteiger partial charge on any atom is 0.276 e. The molecule has 9 heteroatoms. The summed E-state index contributed by atoms with van der Waals surface area (Å²) in [5.41, 5.74) is 5.69. The van der Waals surface area contributed by atoms with Crippen molar-refractivity contribution in [3.63, 3.8) is 0 Å². The van der Waals surface area contributed by atoms with Crippen LogP contribution in [0.4, 0.5) is 0 Å². The van der Waals surface area contributed by atoms with Crippen molar-refractivity contribution in [3.05, 3.63) is 101 Å². The molecule has 4 aromatic rings. The van der Waals surface area contributed by atoms with E-state index in [4.69, 9.17) is 9.26 Å². The van der Waals surface area contributed by atoms with E-state index >= 15 is 0 Å². The zero-order chi connectivity index (χ0) is 28.9. The van der Waals surface area contributed by atoms with E-state index in [9.17, 15) is 9.59 Å². The number of hydrogen-bond donors (Lipinski definition) is 0. The molecule has 0 saturated carbocycles. The Hall–Kier alpha value is -4.50.